The van der Waals surface area contributed by atoms with Gasteiger partial charge in [-0.2, -0.15) is 4.21 Å². The molecule has 14 heteroatoms. The van der Waals surface area contributed by atoms with Crippen LogP contribution in [0.25, 0.3) is 6.08 Å². The summed E-state index contributed by atoms with van der Waals surface area (Å²) in [7, 11) is -3.45. The number of carboxylic acids is 1. The highest BCUT2D eigenvalue weighted by atomic mass is 32.9. The van der Waals surface area contributed by atoms with Gasteiger partial charge in [0.1, 0.15) is 5.75 Å². The first kappa shape index (κ1) is 89.3. The molecular weight excluding hydrogens is 1200 g/mol. The fourth-order valence-electron chi connectivity index (χ4n) is 11.9. The smallest absolute Gasteiger partial charge is 0.328 e. The summed E-state index contributed by atoms with van der Waals surface area (Å²) < 4.78 is 65.8. The molecule has 0 aliphatic carbocycles. The number of carbonyl (C=O) groups is 1. The SMILES string of the molecule is O=C(O)/C=C/c1ccc(OCCCCCCCCCCOCCCCCCCCCCOCCCCCCCCCCOCCCCCCCCCCOCCCCCCCCCCOCCCCCCCCCCOCCCCCCCCCCOS(=O)(O)=S)cc1. The van der Waals surface area contributed by atoms with Gasteiger partial charge in [0, 0.05) is 96.5 Å². The molecule has 1 aromatic rings. The standard InChI is InChI=1S/C79H148O12S2/c80-79(81)62-59-77-57-60-78(61-58-77)90-75-55-41-27-13-11-25-39-53-73-88-71-51-37-23-9-7-21-35-49-69-86-67-47-33-19-5-3-17-31-45-65-84-63-43-29-15-1-2-16-30-44-64-85-66-46-32-18-4-6-20-34-48-68-87-70-50-36-22-8-10-24-38-52-72-89-74-54-40-26-12-14-28-42-56-76-91-93(82,83)92/h57-62H,1-56,63-76H2,(H,80,81)(H,82,83,92)/b62-59+. The van der Waals surface area contributed by atoms with Crippen molar-refractivity contribution in [2.45, 2.75) is 360 Å². The van der Waals surface area contributed by atoms with Crippen molar-refractivity contribution >= 4 is 32.3 Å². The molecule has 1 aromatic carbocycles. The molecule has 548 valence electrons. The van der Waals surface area contributed by atoms with Crippen LogP contribution >= 0.6 is 0 Å². The Morgan fingerprint density at radius 1 is 0.290 bits per heavy atom. The largest absolute Gasteiger partial charge is 0.494 e. The van der Waals surface area contributed by atoms with Gasteiger partial charge in [-0.15, -0.1) is 0 Å². The molecule has 1 rings (SSSR count). The summed E-state index contributed by atoms with van der Waals surface area (Å²) in [5.74, 6) is -0.102. The fraction of sp³-hybridized carbons (Fsp3) is 0.886. The van der Waals surface area contributed by atoms with E-state index in [2.05, 4.69) is 11.2 Å². The maximum atomic E-state index is 10.9. The summed E-state index contributed by atoms with van der Waals surface area (Å²) in [5.41, 5.74) is 0.858. The lowest BCUT2D eigenvalue weighted by atomic mass is 10.1. The molecule has 0 spiro atoms. The topological polar surface area (TPSA) is 148 Å². The van der Waals surface area contributed by atoms with Gasteiger partial charge < -0.3 is 38.3 Å². The average molecular weight is 1350 g/mol. The van der Waals surface area contributed by atoms with Crippen LogP contribution < -0.4 is 4.74 Å². The molecule has 2 N–H and O–H groups in total. The average Bonchev–Trinajstić information content (AvgIpc) is 3.76. The first-order chi connectivity index (χ1) is 45.9. The van der Waals surface area contributed by atoms with E-state index >= 15 is 0 Å². The summed E-state index contributed by atoms with van der Waals surface area (Å²) in [6.45, 7) is 12.2. The Kier molecular flexibility index (Phi) is 73.0. The molecule has 0 aromatic heterocycles. The van der Waals surface area contributed by atoms with Gasteiger partial charge in [0.2, 0.25) is 0 Å². The Labute approximate surface area is 578 Å². The van der Waals surface area contributed by atoms with Crippen LogP contribution in [0.4, 0.5) is 0 Å². The third kappa shape index (κ3) is 77.5. The first-order valence-corrected chi connectivity index (χ1v) is 42.0. The molecule has 1 atom stereocenters. The molecule has 0 heterocycles. The van der Waals surface area contributed by atoms with Gasteiger partial charge in [0.15, 0.2) is 0 Å². The molecule has 0 radical (unpaired) electrons. The quantitative estimate of drug-likeness (QED) is 0.0471. The number of rotatable bonds is 81. The van der Waals surface area contributed by atoms with Crippen LogP contribution in [0, 0.1) is 0 Å². The lowest BCUT2D eigenvalue weighted by Crippen LogP contribution is -2.03. The minimum Gasteiger partial charge on any atom is -0.494 e. The van der Waals surface area contributed by atoms with Gasteiger partial charge >= 0.3 is 5.97 Å². The predicted molar refractivity (Wildman–Crippen MR) is 396 cm³/mol. The predicted octanol–water partition coefficient (Wildman–Crippen LogP) is 23.3. The maximum Gasteiger partial charge on any atom is 0.328 e. The highest BCUT2D eigenvalue weighted by Crippen LogP contribution is 2.18. The van der Waals surface area contributed by atoms with Crippen molar-refractivity contribution < 1.29 is 56.0 Å². The molecule has 0 fully saturated rings. The van der Waals surface area contributed by atoms with E-state index in [9.17, 15) is 9.00 Å². The number of carboxylic acid groups (broad SMARTS) is 1. The summed E-state index contributed by atoms with van der Waals surface area (Å²) in [6.07, 6.45) is 74.1. The molecule has 0 saturated carbocycles. The minimum atomic E-state index is -3.45. The van der Waals surface area contributed by atoms with Crippen molar-refractivity contribution in [2.75, 3.05) is 92.5 Å². The second-order valence-electron chi connectivity index (χ2n) is 26.8. The molecule has 1 unspecified atom stereocenters. The minimum absolute atomic E-state index is 0.277. The number of unbranched alkanes of at least 4 members (excludes halogenated alkanes) is 49. The monoisotopic (exact) mass is 1350 g/mol. The lowest BCUT2D eigenvalue weighted by Gasteiger charge is -2.07. The van der Waals surface area contributed by atoms with Crippen LogP contribution in [0.2, 0.25) is 0 Å². The van der Waals surface area contributed by atoms with Gasteiger partial charge in [0.25, 0.3) is 9.05 Å². The highest BCUT2D eigenvalue weighted by Gasteiger charge is 2.04. The van der Waals surface area contributed by atoms with Gasteiger partial charge in [-0.05, 0) is 114 Å². The number of hydrogen-bond acceptors (Lipinski definition) is 11. The van der Waals surface area contributed by atoms with Crippen LogP contribution in [-0.2, 0) is 57.6 Å². The van der Waals surface area contributed by atoms with E-state index in [0.29, 0.717) is 0 Å². The summed E-state index contributed by atoms with van der Waals surface area (Å²) in [6, 6.07) is 7.55. The molecule has 0 saturated heterocycles. The molecular formula is C79H148O12S2. The highest BCUT2D eigenvalue weighted by molar-refractivity contribution is 8.27. The van der Waals surface area contributed by atoms with E-state index in [1.165, 1.54) is 327 Å². The molecule has 0 bridgehead atoms. The van der Waals surface area contributed by atoms with Crippen molar-refractivity contribution in [3.63, 3.8) is 0 Å². The Balaban J connectivity index is 1.60. The molecule has 0 amide bonds. The number of aliphatic carboxylic acids is 1. The Morgan fingerprint density at radius 2 is 0.462 bits per heavy atom. The zero-order chi connectivity index (χ0) is 66.6. The summed E-state index contributed by atoms with van der Waals surface area (Å²) in [5, 5.41) is 8.74. The second kappa shape index (κ2) is 76.0. The van der Waals surface area contributed by atoms with Crippen molar-refractivity contribution in [2.24, 2.45) is 0 Å². The molecule has 0 aliphatic heterocycles. The molecule has 0 aliphatic rings. The van der Waals surface area contributed by atoms with Gasteiger partial charge in [0.05, 0.1) is 13.2 Å². The van der Waals surface area contributed by atoms with E-state index in [1.54, 1.807) is 6.08 Å². The maximum absolute atomic E-state index is 10.9. The van der Waals surface area contributed by atoms with Gasteiger partial charge in [-0.1, -0.05) is 282 Å². The van der Waals surface area contributed by atoms with Crippen LogP contribution in [0.1, 0.15) is 365 Å². The van der Waals surface area contributed by atoms with Crippen molar-refractivity contribution in [1.29, 1.82) is 0 Å². The van der Waals surface area contributed by atoms with Crippen LogP contribution in [0.15, 0.2) is 30.3 Å². The van der Waals surface area contributed by atoms with Crippen molar-refractivity contribution in [1.82, 2.24) is 0 Å². The number of benzene rings is 1. The van der Waals surface area contributed by atoms with E-state index in [1.807, 2.05) is 24.3 Å². The van der Waals surface area contributed by atoms with Crippen molar-refractivity contribution in [3.8, 4) is 5.75 Å². The van der Waals surface area contributed by atoms with E-state index in [-0.39, 0.29) is 6.61 Å². The summed E-state index contributed by atoms with van der Waals surface area (Å²) in [4.78, 5) is 10.6. The zero-order valence-electron chi connectivity index (χ0n) is 60.3. The van der Waals surface area contributed by atoms with Gasteiger partial charge in [-0.25, -0.2) is 4.79 Å². The van der Waals surface area contributed by atoms with Crippen LogP contribution in [0.3, 0.4) is 0 Å². The third-order valence-electron chi connectivity index (χ3n) is 17.8. The normalized spacial score (nSPS) is 12.4. The molecule has 12 nitrogen and oxygen atoms in total. The number of hydrogen-bond donors (Lipinski definition) is 2. The Bertz CT molecular complexity index is 1750. The lowest BCUT2D eigenvalue weighted by molar-refractivity contribution is -0.131. The van der Waals surface area contributed by atoms with E-state index in [4.69, 9.17) is 47.0 Å². The van der Waals surface area contributed by atoms with Crippen molar-refractivity contribution in [3.05, 3.63) is 35.9 Å². The first-order valence-electron chi connectivity index (χ1n) is 39.6. The third-order valence-corrected chi connectivity index (χ3v) is 18.6. The summed E-state index contributed by atoms with van der Waals surface area (Å²) >= 11 is 4.32. The molecule has 93 heavy (non-hydrogen) atoms. The van der Waals surface area contributed by atoms with E-state index in [0.717, 1.165) is 135 Å². The fourth-order valence-corrected chi connectivity index (χ4v) is 12.4. The number of ether oxygens (including phenoxy) is 7. The Hall–Kier alpha value is -1.72. The van der Waals surface area contributed by atoms with E-state index < -0.39 is 15.0 Å². The van der Waals surface area contributed by atoms with Gasteiger partial charge in [-0.3, -0.25) is 8.74 Å². The second-order valence-corrected chi connectivity index (χ2v) is 29.2. The zero-order valence-corrected chi connectivity index (χ0v) is 61.9. The van der Waals surface area contributed by atoms with Crippen LogP contribution in [0.5, 0.6) is 5.75 Å². The van der Waals surface area contributed by atoms with Crippen LogP contribution in [-0.4, -0.2) is 112 Å². The Morgan fingerprint density at radius 3 is 0.645 bits per heavy atom.